The average Bonchev–Trinajstić information content (AvgIpc) is 3.18. The van der Waals surface area contributed by atoms with Crippen LogP contribution in [0, 0.1) is 13.8 Å². The molecule has 0 saturated heterocycles. The van der Waals surface area contributed by atoms with Crippen molar-refractivity contribution in [3.05, 3.63) is 81.9 Å². The Morgan fingerprint density at radius 2 is 0.889 bits per heavy atom. The van der Waals surface area contributed by atoms with Crippen molar-refractivity contribution in [3.63, 3.8) is 0 Å². The standard InChI is InChI=1S/C44H56Cl2O6P2/c1-25-17-29-30-18-26(2)20-34(42(6,7)8)39(30)51-54(50-38(29)33(19-25)41(3,4)5)52-40-32(22-28(48-16)24-36(40)44(12,13)14)31-21-27(47-15)23-35(43(9,10)11)37(31)49-53(45)46/h17-24H,1-16H3. The van der Waals surface area contributed by atoms with Crippen molar-refractivity contribution < 1.29 is 26.9 Å². The molecule has 5 aromatic rings. The van der Waals surface area contributed by atoms with Gasteiger partial charge in [-0.3, -0.25) is 0 Å². The summed E-state index contributed by atoms with van der Waals surface area (Å²) in [5.74, 6) is 2.40. The molecule has 0 aliphatic heterocycles. The zero-order valence-corrected chi connectivity index (χ0v) is 38.0. The Kier molecular flexibility index (Phi) is 11.8. The molecule has 4 aromatic carbocycles. The molecule has 6 nitrogen and oxygen atoms in total. The van der Waals surface area contributed by atoms with Gasteiger partial charge in [0.05, 0.1) is 14.2 Å². The number of hydrogen-bond donors (Lipinski definition) is 0. The normalized spacial score (nSPS) is 12.8. The van der Waals surface area contributed by atoms with Gasteiger partial charge >= 0.3 is 8.24 Å². The summed E-state index contributed by atoms with van der Waals surface area (Å²) in [6, 6.07) is 16.7. The number of methoxy groups -OCH3 is 2. The molecular formula is C44H56Cl2O6P2. The van der Waals surface area contributed by atoms with Crippen molar-refractivity contribution in [2.45, 2.75) is 119 Å². The number of aryl methyl sites for hydroxylation is 2. The van der Waals surface area contributed by atoms with E-state index in [1.54, 1.807) is 14.2 Å². The smallest absolute Gasteiger partial charge is 0.453 e. The molecule has 54 heavy (non-hydrogen) atoms. The van der Waals surface area contributed by atoms with Crippen LogP contribution in [0.1, 0.15) is 116 Å². The fourth-order valence-electron chi connectivity index (χ4n) is 6.76. The Labute approximate surface area is 333 Å². The van der Waals surface area contributed by atoms with Crippen LogP contribution in [0.25, 0.3) is 33.1 Å². The minimum Gasteiger partial charge on any atom is -0.497 e. The molecule has 1 heterocycles. The highest BCUT2D eigenvalue weighted by molar-refractivity contribution is 8.00. The fourth-order valence-corrected chi connectivity index (χ4v) is 8.66. The molecule has 0 spiro atoms. The van der Waals surface area contributed by atoms with E-state index >= 15 is 0 Å². The third kappa shape index (κ3) is 8.84. The second-order valence-electron chi connectivity index (χ2n) is 18.3. The van der Waals surface area contributed by atoms with Crippen LogP contribution in [0.4, 0.5) is 0 Å². The van der Waals surface area contributed by atoms with E-state index in [2.05, 4.69) is 121 Å². The zero-order chi connectivity index (χ0) is 40.3. The highest BCUT2D eigenvalue weighted by Crippen LogP contribution is 2.57. The van der Waals surface area contributed by atoms with Gasteiger partial charge in [-0.25, -0.2) is 0 Å². The van der Waals surface area contributed by atoms with Gasteiger partial charge in [-0.15, -0.1) is 0 Å². The first-order valence-corrected chi connectivity index (χ1v) is 22.4. The molecule has 0 aliphatic carbocycles. The first kappa shape index (κ1) is 42.1. The minimum absolute atomic E-state index is 0.238. The quantitative estimate of drug-likeness (QED) is 0.153. The van der Waals surface area contributed by atoms with Crippen molar-refractivity contribution in [2.24, 2.45) is 0 Å². The molecule has 1 aromatic heterocycles. The van der Waals surface area contributed by atoms with Crippen molar-refractivity contribution in [3.8, 4) is 34.1 Å². The summed E-state index contributed by atoms with van der Waals surface area (Å²) in [7, 11) is 1.21. The Morgan fingerprint density at radius 1 is 0.519 bits per heavy atom. The van der Waals surface area contributed by atoms with Crippen molar-refractivity contribution in [2.75, 3.05) is 14.2 Å². The maximum Gasteiger partial charge on any atom is 0.453 e. The Hall–Kier alpha value is -3.01. The summed E-state index contributed by atoms with van der Waals surface area (Å²) in [6.45, 7) is 28.4. The molecule has 0 N–H and O–H groups in total. The molecule has 0 atom stereocenters. The molecule has 0 amide bonds. The van der Waals surface area contributed by atoms with Gasteiger partial charge in [0.2, 0.25) is 0 Å². The Balaban J connectivity index is 2.02. The SMILES string of the molecule is COc1cc(-c2cc(OC)cc(C(C)(C)C)c2Op2oc3c(C(C)(C)C)cc(C)cc3c3cc(C)cc(C(C)(C)C)c3o2)c(OP(Cl)Cl)c(C(C)(C)C)c1. The van der Waals surface area contributed by atoms with Crippen molar-refractivity contribution in [1.82, 2.24) is 0 Å². The van der Waals surface area contributed by atoms with Gasteiger partial charge < -0.3 is 26.9 Å². The highest BCUT2D eigenvalue weighted by Gasteiger charge is 2.32. The number of fused-ring (bicyclic) bond motifs is 3. The third-order valence-corrected chi connectivity index (χ3v) is 11.3. The predicted molar refractivity (Wildman–Crippen MR) is 231 cm³/mol. The van der Waals surface area contributed by atoms with E-state index in [4.69, 9.17) is 49.4 Å². The summed E-state index contributed by atoms with van der Waals surface area (Å²) in [5.41, 5.74) is 7.86. The van der Waals surface area contributed by atoms with Crippen molar-refractivity contribution in [1.29, 1.82) is 0 Å². The van der Waals surface area contributed by atoms with Crippen LogP contribution in [-0.2, 0) is 21.7 Å². The summed E-state index contributed by atoms with van der Waals surface area (Å²) in [5, 5.41) is 1.97. The summed E-state index contributed by atoms with van der Waals surface area (Å²) in [4.78, 5) is 0. The van der Waals surface area contributed by atoms with Gasteiger partial charge in [0.25, 0.3) is 6.85 Å². The van der Waals surface area contributed by atoms with E-state index in [1.165, 1.54) is 0 Å². The van der Waals surface area contributed by atoms with Crippen LogP contribution in [-0.4, -0.2) is 14.2 Å². The topological polar surface area (TPSA) is 63.2 Å². The van der Waals surface area contributed by atoms with Gasteiger partial charge in [-0.05, 0) is 106 Å². The molecule has 0 bridgehead atoms. The van der Waals surface area contributed by atoms with Gasteiger partial charge in [-0.2, -0.15) is 0 Å². The van der Waals surface area contributed by atoms with Gasteiger partial charge in [0, 0.05) is 44.2 Å². The predicted octanol–water partition coefficient (Wildman–Crippen LogP) is 15.7. The zero-order valence-electron chi connectivity index (χ0n) is 34.7. The Bertz CT molecular complexity index is 2170. The van der Waals surface area contributed by atoms with Crippen LogP contribution in [0.2, 0.25) is 0 Å². The van der Waals surface area contributed by atoms with E-state index < -0.39 is 20.5 Å². The van der Waals surface area contributed by atoms with Gasteiger partial charge in [-0.1, -0.05) is 95.2 Å². The number of hydrogen-bond acceptors (Lipinski definition) is 6. The van der Waals surface area contributed by atoms with E-state index in [-0.39, 0.29) is 16.2 Å². The van der Waals surface area contributed by atoms with E-state index in [9.17, 15) is 0 Å². The lowest BCUT2D eigenvalue weighted by atomic mass is 9.81. The maximum absolute atomic E-state index is 7.25. The van der Waals surface area contributed by atoms with E-state index in [0.717, 1.165) is 55.3 Å². The summed E-state index contributed by atoms with van der Waals surface area (Å²) >= 11 is 12.9. The van der Waals surface area contributed by atoms with Crippen LogP contribution < -0.4 is 18.5 Å². The summed E-state index contributed by atoms with van der Waals surface area (Å²) in [6.07, 6.45) is 0. The molecule has 0 radical (unpaired) electrons. The molecule has 0 aliphatic rings. The Morgan fingerprint density at radius 3 is 1.24 bits per heavy atom. The first-order chi connectivity index (χ1) is 24.8. The van der Waals surface area contributed by atoms with Crippen LogP contribution in [0.3, 0.4) is 0 Å². The monoisotopic (exact) mass is 812 g/mol. The number of rotatable bonds is 7. The molecular weight excluding hydrogens is 757 g/mol. The molecule has 5 rings (SSSR count). The van der Waals surface area contributed by atoms with Crippen molar-refractivity contribution >= 4 is 59.5 Å². The lowest BCUT2D eigenvalue weighted by Crippen LogP contribution is -2.15. The maximum atomic E-state index is 7.25. The van der Waals surface area contributed by atoms with E-state index in [1.807, 2.05) is 24.3 Å². The highest BCUT2D eigenvalue weighted by atomic mass is 35.9. The summed E-state index contributed by atoms with van der Waals surface area (Å²) < 4.78 is 39.6. The van der Waals surface area contributed by atoms with Gasteiger partial charge in [0.15, 0.2) is 0 Å². The second kappa shape index (κ2) is 15.2. The molecule has 292 valence electrons. The van der Waals surface area contributed by atoms with Crippen LogP contribution in [0.15, 0.2) is 56.9 Å². The molecule has 0 fully saturated rings. The lowest BCUT2D eigenvalue weighted by Gasteiger charge is -2.28. The number of benzene rings is 4. The largest absolute Gasteiger partial charge is 0.497 e. The average molecular weight is 814 g/mol. The fraction of sp³-hybridized carbons (Fsp3) is 0.455. The van der Waals surface area contributed by atoms with E-state index in [0.29, 0.717) is 34.1 Å². The number of ether oxygens (including phenoxy) is 2. The third-order valence-electron chi connectivity index (χ3n) is 9.53. The van der Waals surface area contributed by atoms with Crippen LogP contribution >= 0.6 is 37.6 Å². The lowest BCUT2D eigenvalue weighted by molar-refractivity contribution is 0.409. The second-order valence-corrected chi connectivity index (χ2v) is 22.2. The minimum atomic E-state index is -2.11. The first-order valence-electron chi connectivity index (χ1n) is 18.2. The molecule has 10 heteroatoms. The van der Waals surface area contributed by atoms with Crippen LogP contribution in [0.5, 0.6) is 23.0 Å². The number of halogens is 2. The molecule has 0 saturated carbocycles. The molecule has 0 unspecified atom stereocenters. The van der Waals surface area contributed by atoms with Gasteiger partial charge in [0.1, 0.15) is 34.2 Å².